The molecule has 0 aromatic heterocycles. The zero-order valence-corrected chi connectivity index (χ0v) is 15.1. The minimum Gasteiger partial charge on any atom is -0.378 e. The summed E-state index contributed by atoms with van der Waals surface area (Å²) in [5, 5.41) is 24.5. The number of morpholine rings is 1. The fraction of sp³-hybridized carbons (Fsp3) is 0.222. The van der Waals surface area contributed by atoms with E-state index in [2.05, 4.69) is 5.32 Å². The number of ether oxygens (including phenoxy) is 1. The molecule has 2 amide bonds. The van der Waals surface area contributed by atoms with Crippen molar-refractivity contribution in [3.63, 3.8) is 0 Å². The maximum atomic E-state index is 12.6. The predicted octanol–water partition coefficient (Wildman–Crippen LogP) is 2.23. The van der Waals surface area contributed by atoms with Crippen LogP contribution in [0.15, 0.2) is 42.5 Å². The normalized spacial score (nSPS) is 13.6. The summed E-state index contributed by atoms with van der Waals surface area (Å²) in [4.78, 5) is 47.0. The van der Waals surface area contributed by atoms with E-state index in [0.717, 1.165) is 18.2 Å². The minimum absolute atomic E-state index is 0.213. The zero-order chi connectivity index (χ0) is 21.0. The third-order valence-corrected chi connectivity index (χ3v) is 4.25. The smallest absolute Gasteiger partial charge is 0.277 e. The topological polar surface area (TPSA) is 145 Å². The van der Waals surface area contributed by atoms with Gasteiger partial charge in [0.2, 0.25) is 0 Å². The molecule has 1 aliphatic heterocycles. The molecule has 1 heterocycles. The van der Waals surface area contributed by atoms with Crippen molar-refractivity contribution in [1.82, 2.24) is 4.90 Å². The number of nitrogens with one attached hydrogen (secondary N) is 1. The molecule has 0 spiro atoms. The molecule has 150 valence electrons. The molecule has 0 saturated carbocycles. The van der Waals surface area contributed by atoms with Crippen molar-refractivity contribution < 1.29 is 24.2 Å². The lowest BCUT2D eigenvalue weighted by molar-refractivity contribution is -0.394. The highest BCUT2D eigenvalue weighted by molar-refractivity contribution is 6.06. The Bertz CT molecular complexity index is 954. The zero-order valence-electron chi connectivity index (χ0n) is 15.1. The highest BCUT2D eigenvalue weighted by Gasteiger charge is 2.21. The SMILES string of the molecule is O=C(Nc1cccc(C(=O)N2CCOCC2)c1)c1cc([N+](=O)[O-])cc([N+](=O)[O-])c1. The van der Waals surface area contributed by atoms with Crippen LogP contribution in [0.25, 0.3) is 0 Å². The number of rotatable bonds is 5. The van der Waals surface area contributed by atoms with Crippen LogP contribution in [-0.4, -0.2) is 52.9 Å². The lowest BCUT2D eigenvalue weighted by Crippen LogP contribution is -2.40. The van der Waals surface area contributed by atoms with Crippen LogP contribution in [0.4, 0.5) is 17.1 Å². The summed E-state index contributed by atoms with van der Waals surface area (Å²) in [5.41, 5.74) is -0.741. The molecule has 0 aliphatic carbocycles. The van der Waals surface area contributed by atoms with Crippen molar-refractivity contribution in [2.75, 3.05) is 31.6 Å². The molecule has 0 bridgehead atoms. The standard InChI is InChI=1S/C18H16N4O7/c23-17(13-9-15(21(25)26)11-16(10-13)22(27)28)19-14-3-1-2-12(8-14)18(24)20-4-6-29-7-5-20/h1-3,8-11H,4-7H2,(H,19,23). The molecule has 1 fully saturated rings. The maximum Gasteiger partial charge on any atom is 0.277 e. The first-order chi connectivity index (χ1) is 13.8. The number of amides is 2. The van der Waals surface area contributed by atoms with Crippen LogP contribution < -0.4 is 5.32 Å². The van der Waals surface area contributed by atoms with Crippen LogP contribution >= 0.6 is 0 Å². The van der Waals surface area contributed by atoms with Gasteiger partial charge in [-0.3, -0.25) is 29.8 Å². The van der Waals surface area contributed by atoms with E-state index in [1.165, 1.54) is 6.07 Å². The Balaban J connectivity index is 1.81. The van der Waals surface area contributed by atoms with E-state index >= 15 is 0 Å². The van der Waals surface area contributed by atoms with Crippen LogP contribution in [0.3, 0.4) is 0 Å². The van der Waals surface area contributed by atoms with E-state index in [0.29, 0.717) is 31.9 Å². The molecule has 29 heavy (non-hydrogen) atoms. The van der Waals surface area contributed by atoms with Crippen LogP contribution in [0.5, 0.6) is 0 Å². The van der Waals surface area contributed by atoms with Gasteiger partial charge in [-0.25, -0.2) is 0 Å². The number of benzene rings is 2. The molecule has 1 N–H and O–H groups in total. The predicted molar refractivity (Wildman–Crippen MR) is 101 cm³/mol. The number of non-ortho nitro benzene ring substituents is 2. The van der Waals surface area contributed by atoms with E-state index < -0.39 is 27.1 Å². The molecule has 11 heteroatoms. The summed E-state index contributed by atoms with van der Waals surface area (Å²) < 4.78 is 5.22. The first-order valence-corrected chi connectivity index (χ1v) is 8.57. The van der Waals surface area contributed by atoms with Gasteiger partial charge >= 0.3 is 0 Å². The number of hydrogen-bond acceptors (Lipinski definition) is 7. The minimum atomic E-state index is -0.814. The van der Waals surface area contributed by atoms with Crippen molar-refractivity contribution in [3.05, 3.63) is 73.8 Å². The number of nitro benzene ring substituents is 2. The Labute approximate surface area is 164 Å². The summed E-state index contributed by atoms with van der Waals surface area (Å²) in [6, 6.07) is 8.88. The van der Waals surface area contributed by atoms with Crippen molar-refractivity contribution in [1.29, 1.82) is 0 Å². The van der Waals surface area contributed by atoms with Crippen LogP contribution in [0.1, 0.15) is 20.7 Å². The largest absolute Gasteiger partial charge is 0.378 e. The summed E-state index contributed by atoms with van der Waals surface area (Å²) in [6.45, 7) is 1.83. The fourth-order valence-electron chi connectivity index (χ4n) is 2.82. The fourth-order valence-corrected chi connectivity index (χ4v) is 2.82. The van der Waals surface area contributed by atoms with Crippen LogP contribution in [0.2, 0.25) is 0 Å². The van der Waals surface area contributed by atoms with Gasteiger partial charge in [-0.05, 0) is 18.2 Å². The molecular weight excluding hydrogens is 384 g/mol. The third-order valence-electron chi connectivity index (χ3n) is 4.25. The molecule has 1 aliphatic rings. The molecule has 0 unspecified atom stereocenters. The Kier molecular flexibility index (Phi) is 5.79. The van der Waals surface area contributed by atoms with Gasteiger partial charge in [0.25, 0.3) is 23.2 Å². The van der Waals surface area contributed by atoms with Gasteiger partial charge < -0.3 is 15.0 Å². The van der Waals surface area contributed by atoms with E-state index in [4.69, 9.17) is 4.74 Å². The van der Waals surface area contributed by atoms with Gasteiger partial charge in [-0.1, -0.05) is 6.07 Å². The summed E-state index contributed by atoms with van der Waals surface area (Å²) in [6.07, 6.45) is 0. The van der Waals surface area contributed by atoms with Gasteiger partial charge in [-0.2, -0.15) is 0 Å². The molecule has 0 atom stereocenters. The molecule has 1 saturated heterocycles. The van der Waals surface area contributed by atoms with Gasteiger partial charge in [0.1, 0.15) is 0 Å². The monoisotopic (exact) mass is 400 g/mol. The quantitative estimate of drug-likeness (QED) is 0.598. The highest BCUT2D eigenvalue weighted by Crippen LogP contribution is 2.24. The second-order valence-corrected chi connectivity index (χ2v) is 6.19. The number of carbonyl (C=O) groups excluding carboxylic acids is 2. The number of carbonyl (C=O) groups is 2. The second kappa shape index (κ2) is 8.44. The Morgan fingerprint density at radius 1 is 0.931 bits per heavy atom. The molecule has 0 radical (unpaired) electrons. The molecule has 11 nitrogen and oxygen atoms in total. The lowest BCUT2D eigenvalue weighted by Gasteiger charge is -2.27. The molecule has 2 aromatic carbocycles. The lowest BCUT2D eigenvalue weighted by atomic mass is 10.1. The molecular formula is C18H16N4O7. The highest BCUT2D eigenvalue weighted by atomic mass is 16.6. The van der Waals surface area contributed by atoms with E-state index in [1.54, 1.807) is 23.1 Å². The first-order valence-electron chi connectivity index (χ1n) is 8.57. The number of nitro groups is 2. The Morgan fingerprint density at radius 3 is 2.14 bits per heavy atom. The molecule has 3 rings (SSSR count). The van der Waals surface area contributed by atoms with E-state index in [1.807, 2.05) is 0 Å². The van der Waals surface area contributed by atoms with E-state index in [-0.39, 0.29) is 17.2 Å². The van der Waals surface area contributed by atoms with Crippen molar-refractivity contribution >= 4 is 28.9 Å². The maximum absolute atomic E-state index is 12.6. The van der Waals surface area contributed by atoms with Gasteiger partial charge in [-0.15, -0.1) is 0 Å². The Hall–Kier alpha value is -3.86. The van der Waals surface area contributed by atoms with Gasteiger partial charge in [0.15, 0.2) is 0 Å². The average molecular weight is 400 g/mol. The summed E-state index contributed by atoms with van der Waals surface area (Å²) in [7, 11) is 0. The summed E-state index contributed by atoms with van der Waals surface area (Å²) >= 11 is 0. The second-order valence-electron chi connectivity index (χ2n) is 6.19. The van der Waals surface area contributed by atoms with Crippen molar-refractivity contribution in [2.45, 2.75) is 0 Å². The number of anilines is 1. The summed E-state index contributed by atoms with van der Waals surface area (Å²) in [5.74, 6) is -0.983. The van der Waals surface area contributed by atoms with Crippen molar-refractivity contribution in [2.24, 2.45) is 0 Å². The Morgan fingerprint density at radius 2 is 1.55 bits per heavy atom. The average Bonchev–Trinajstić information content (AvgIpc) is 2.73. The first kappa shape index (κ1) is 19.9. The number of hydrogen-bond donors (Lipinski definition) is 1. The van der Waals surface area contributed by atoms with Crippen molar-refractivity contribution in [3.8, 4) is 0 Å². The number of nitrogens with zero attached hydrogens (tertiary/aromatic N) is 3. The van der Waals surface area contributed by atoms with Crippen LogP contribution in [0, 0.1) is 20.2 Å². The van der Waals surface area contributed by atoms with E-state index in [9.17, 15) is 29.8 Å². The van der Waals surface area contributed by atoms with Gasteiger partial charge in [0.05, 0.1) is 34.7 Å². The molecule has 2 aromatic rings. The van der Waals surface area contributed by atoms with Gasteiger partial charge in [0, 0.05) is 36.5 Å². The third kappa shape index (κ3) is 4.71. The van der Waals surface area contributed by atoms with Crippen LogP contribution in [-0.2, 0) is 4.74 Å².